The Morgan fingerprint density at radius 2 is 1.64 bits per heavy atom. The molecule has 4 nitrogen and oxygen atoms in total. The number of hydrogen-bond donors (Lipinski definition) is 1. The van der Waals surface area contributed by atoms with E-state index in [0.717, 1.165) is 6.08 Å². The van der Waals surface area contributed by atoms with Crippen molar-refractivity contribution in [1.29, 1.82) is 0 Å². The second-order valence-corrected chi connectivity index (χ2v) is 2.73. The summed E-state index contributed by atoms with van der Waals surface area (Å²) in [5.74, 6) is -0.361. The van der Waals surface area contributed by atoms with E-state index >= 15 is 0 Å². The van der Waals surface area contributed by atoms with E-state index in [1.807, 2.05) is 0 Å². The molecule has 86 valence electrons. The van der Waals surface area contributed by atoms with E-state index < -0.39 is 12.2 Å². The van der Waals surface area contributed by atoms with Crippen LogP contribution in [0, 0.1) is 0 Å². The molecule has 0 radical (unpaired) electrons. The normalized spacial score (nSPS) is 15.6. The summed E-state index contributed by atoms with van der Waals surface area (Å²) in [5, 5.41) is 9.29. The molecule has 0 fully saturated rings. The maximum atomic E-state index is 11.2. The van der Waals surface area contributed by atoms with Crippen molar-refractivity contribution in [3.05, 3.63) is 11.8 Å². The summed E-state index contributed by atoms with van der Waals surface area (Å²) >= 11 is 0. The molecule has 0 spiro atoms. The summed E-state index contributed by atoms with van der Waals surface area (Å²) in [6.45, 7) is 3.26. The van der Waals surface area contributed by atoms with E-state index in [9.17, 15) is 9.90 Å². The van der Waals surface area contributed by atoms with E-state index in [1.165, 1.54) is 14.2 Å². The van der Waals surface area contributed by atoms with Crippen LogP contribution in [0.1, 0.15) is 13.8 Å². The van der Waals surface area contributed by atoms with Gasteiger partial charge < -0.3 is 14.6 Å². The summed E-state index contributed by atoms with van der Waals surface area (Å²) in [6.07, 6.45) is 0.127. The van der Waals surface area contributed by atoms with Crippen LogP contribution >= 0.6 is 0 Å². The van der Waals surface area contributed by atoms with Crippen molar-refractivity contribution in [3.63, 3.8) is 0 Å². The third-order valence-electron chi connectivity index (χ3n) is 1.81. The molecule has 0 bridgehead atoms. The molecule has 1 N–H and O–H groups in total. The fourth-order valence-electron chi connectivity index (χ4n) is 0.617. The van der Waals surface area contributed by atoms with Gasteiger partial charge in [-0.2, -0.15) is 0 Å². The van der Waals surface area contributed by atoms with Crippen LogP contribution < -0.4 is 0 Å². The molecule has 0 aromatic carbocycles. The number of carbonyl (C=O) groups is 1. The number of carbonyl (C=O) groups excluding carboxylic acids is 1. The Balaban J connectivity index is 0. The Hall–Kier alpha value is -0.376. The molecule has 2 unspecified atom stereocenters. The van der Waals surface area contributed by atoms with Gasteiger partial charge in [0.2, 0.25) is 0 Å². The number of aliphatic hydroxyl groups is 1. The number of hydrogen-bond acceptors (Lipinski definition) is 4. The first-order valence-electron chi connectivity index (χ1n) is 4.03. The minimum absolute atomic E-state index is 0. The smallest absolute Gasteiger partial charge is 0.187 e. The predicted octanol–water partition coefficient (Wildman–Crippen LogP) is 1.06. The van der Waals surface area contributed by atoms with Crippen LogP contribution in [0.4, 0.5) is 0 Å². The van der Waals surface area contributed by atoms with Gasteiger partial charge in [0.1, 0.15) is 18.0 Å². The van der Waals surface area contributed by atoms with E-state index in [4.69, 9.17) is 9.47 Å². The van der Waals surface area contributed by atoms with Crippen LogP contribution in [0.5, 0.6) is 0 Å². The molecule has 0 amide bonds. The molecule has 0 saturated heterocycles. The van der Waals surface area contributed by atoms with Gasteiger partial charge in [-0.15, -0.1) is 0 Å². The Morgan fingerprint density at radius 1 is 1.21 bits per heavy atom. The van der Waals surface area contributed by atoms with Crippen molar-refractivity contribution < 1.29 is 35.9 Å². The van der Waals surface area contributed by atoms with Crippen molar-refractivity contribution in [2.75, 3.05) is 14.2 Å². The molecule has 0 heterocycles. The minimum atomic E-state index is -0.536. The maximum Gasteiger partial charge on any atom is 0.187 e. The molecule has 0 aliphatic carbocycles. The summed E-state index contributed by atoms with van der Waals surface area (Å²) in [7, 11) is 2.89. The number of aliphatic hydroxyl groups excluding tert-OH is 1. The van der Waals surface area contributed by atoms with Crippen LogP contribution in [0.3, 0.4) is 0 Å². The molecule has 0 rings (SSSR count). The van der Waals surface area contributed by atoms with Crippen molar-refractivity contribution in [2.45, 2.75) is 26.1 Å². The van der Waals surface area contributed by atoms with Crippen molar-refractivity contribution in [3.8, 4) is 0 Å². The van der Waals surface area contributed by atoms with Gasteiger partial charge in [-0.25, -0.2) is 0 Å². The van der Waals surface area contributed by atoms with Gasteiger partial charge in [-0.05, 0) is 13.8 Å². The van der Waals surface area contributed by atoms with E-state index in [1.54, 1.807) is 13.8 Å². The molecule has 0 aromatic rings. The van der Waals surface area contributed by atoms with Crippen molar-refractivity contribution in [2.24, 2.45) is 0 Å². The second kappa shape index (κ2) is 7.98. The Bertz CT molecular complexity index is 203. The molecule has 0 aliphatic rings. The first kappa shape index (κ1) is 16.1. The second-order valence-electron chi connectivity index (χ2n) is 2.73. The minimum Gasteiger partial charge on any atom is -0.509 e. The molecule has 0 saturated carbocycles. The van der Waals surface area contributed by atoms with Gasteiger partial charge >= 0.3 is 0 Å². The van der Waals surface area contributed by atoms with Crippen molar-refractivity contribution in [1.82, 2.24) is 0 Å². The van der Waals surface area contributed by atoms with Gasteiger partial charge in [-0.1, -0.05) is 0 Å². The molecule has 0 aliphatic heterocycles. The quantitative estimate of drug-likeness (QED) is 0.448. The molecule has 2 atom stereocenters. The topological polar surface area (TPSA) is 55.8 Å². The third-order valence-corrected chi connectivity index (χ3v) is 1.81. The van der Waals surface area contributed by atoms with Gasteiger partial charge in [0.15, 0.2) is 5.78 Å². The number of methoxy groups -OCH3 is 2. The van der Waals surface area contributed by atoms with Crippen molar-refractivity contribution >= 4 is 5.78 Å². The fraction of sp³-hybridized carbons (Fsp3) is 0.667. The van der Waals surface area contributed by atoms with Gasteiger partial charge in [0.05, 0.1) is 0 Å². The zero-order chi connectivity index (χ0) is 10.4. The summed E-state index contributed by atoms with van der Waals surface area (Å²) in [4.78, 5) is 11.2. The maximum absolute atomic E-state index is 11.2. The zero-order valence-electron chi connectivity index (χ0n) is 8.72. The van der Waals surface area contributed by atoms with Crippen LogP contribution in [-0.4, -0.2) is 37.3 Å². The van der Waals surface area contributed by atoms with Gasteiger partial charge in [0.25, 0.3) is 0 Å². The first-order chi connectivity index (χ1) is 6.02. The molecular weight excluding hydrogens is 231 g/mol. The first-order valence-corrected chi connectivity index (χ1v) is 4.03. The van der Waals surface area contributed by atoms with Gasteiger partial charge in [0, 0.05) is 36.8 Å². The summed E-state index contributed by atoms with van der Waals surface area (Å²) in [5.41, 5.74) is 0. The Labute approximate surface area is 94.2 Å². The number of ether oxygens (including phenoxy) is 2. The van der Waals surface area contributed by atoms with E-state index in [2.05, 4.69) is 0 Å². The SMILES string of the molecule is COC(C)C(=O)/C=C(\O)C(C)OC.[Ni]. The molecule has 5 heteroatoms. The Morgan fingerprint density at radius 3 is 2.00 bits per heavy atom. The summed E-state index contributed by atoms with van der Waals surface area (Å²) < 4.78 is 9.60. The fourth-order valence-corrected chi connectivity index (χ4v) is 0.617. The van der Waals surface area contributed by atoms with Crippen LogP contribution in [0.25, 0.3) is 0 Å². The third kappa shape index (κ3) is 5.37. The largest absolute Gasteiger partial charge is 0.509 e. The number of rotatable bonds is 5. The van der Waals surface area contributed by atoms with Crippen LogP contribution in [0.2, 0.25) is 0 Å². The molecular formula is C9H16NiO4. The average molecular weight is 247 g/mol. The Kier molecular flexibility index (Phi) is 9.15. The van der Waals surface area contributed by atoms with E-state index in [0.29, 0.717) is 0 Å². The average Bonchev–Trinajstić information content (AvgIpc) is 2.14. The standard InChI is InChI=1S/C9H16O4.Ni/c1-6(12-3)8(10)5-9(11)7(2)13-4;/h5-7,10H,1-4H3;/b8-5-;. The van der Waals surface area contributed by atoms with Crippen LogP contribution in [-0.2, 0) is 30.8 Å². The van der Waals surface area contributed by atoms with Gasteiger partial charge in [-0.3, -0.25) is 4.79 Å². The monoisotopic (exact) mass is 246 g/mol. The van der Waals surface area contributed by atoms with E-state index in [-0.39, 0.29) is 28.0 Å². The van der Waals surface area contributed by atoms with Crippen LogP contribution in [0.15, 0.2) is 11.8 Å². The molecule has 14 heavy (non-hydrogen) atoms. The molecule has 0 aromatic heterocycles. The number of ketones is 1. The summed E-state index contributed by atoms with van der Waals surface area (Å²) in [6, 6.07) is 0. The predicted molar refractivity (Wildman–Crippen MR) is 48.7 cm³/mol. The zero-order valence-corrected chi connectivity index (χ0v) is 9.71.